The van der Waals surface area contributed by atoms with E-state index >= 15 is 0 Å². The molecule has 1 saturated heterocycles. The van der Waals surface area contributed by atoms with Gasteiger partial charge in [0.2, 0.25) is 0 Å². The molecule has 53 heavy (non-hydrogen) atoms. The first-order valence-electron chi connectivity index (χ1n) is 23.5. The molecule has 0 spiro atoms. The van der Waals surface area contributed by atoms with E-state index in [2.05, 4.69) is 32.8 Å². The van der Waals surface area contributed by atoms with Crippen molar-refractivity contribution in [2.45, 2.75) is 238 Å². The van der Waals surface area contributed by atoms with Crippen molar-refractivity contribution in [2.24, 2.45) is 11.8 Å². The standard InChI is InChI=1S/C47H91NO5/c1-5-7-29-43-31-21-19-20-22-32-44(30-8-6-2)38-42-53-47(50)36-26-18-14-10-12-16-24-34-45(51-40-28-27-39-48(3)4)33-23-15-11-9-13-17-25-35-46(49)52-41-37-43/h43-45H,5-42H2,1-4H3. The van der Waals surface area contributed by atoms with E-state index in [0.717, 1.165) is 58.1 Å². The van der Waals surface area contributed by atoms with Gasteiger partial charge in [0.1, 0.15) is 0 Å². The number of carbonyl (C=O) groups excluding carboxylic acids is 2. The van der Waals surface area contributed by atoms with Crippen LogP contribution >= 0.6 is 0 Å². The second kappa shape index (κ2) is 37.8. The van der Waals surface area contributed by atoms with E-state index in [-0.39, 0.29) is 11.9 Å². The van der Waals surface area contributed by atoms with Crippen LogP contribution in [0.2, 0.25) is 0 Å². The van der Waals surface area contributed by atoms with Crippen molar-refractivity contribution >= 4 is 11.9 Å². The molecule has 2 atom stereocenters. The van der Waals surface area contributed by atoms with Gasteiger partial charge < -0.3 is 19.1 Å². The van der Waals surface area contributed by atoms with Gasteiger partial charge in [0, 0.05) is 19.4 Å². The fraction of sp³-hybridized carbons (Fsp3) is 0.957. The van der Waals surface area contributed by atoms with E-state index in [9.17, 15) is 9.59 Å². The van der Waals surface area contributed by atoms with Crippen LogP contribution in [0.1, 0.15) is 232 Å². The van der Waals surface area contributed by atoms with E-state index in [1.807, 2.05) is 0 Å². The van der Waals surface area contributed by atoms with Gasteiger partial charge in [-0.2, -0.15) is 0 Å². The van der Waals surface area contributed by atoms with Crippen LogP contribution in [0.3, 0.4) is 0 Å². The first-order valence-corrected chi connectivity index (χ1v) is 23.5. The number of rotatable bonds is 12. The quantitative estimate of drug-likeness (QED) is 0.146. The Kier molecular flexibility index (Phi) is 35.5. The van der Waals surface area contributed by atoms with Gasteiger partial charge >= 0.3 is 11.9 Å². The van der Waals surface area contributed by atoms with Crippen LogP contribution in [0.5, 0.6) is 0 Å². The van der Waals surface area contributed by atoms with E-state index in [4.69, 9.17) is 14.2 Å². The molecule has 1 heterocycles. The number of hydrogen-bond donors (Lipinski definition) is 0. The van der Waals surface area contributed by atoms with Gasteiger partial charge in [0.15, 0.2) is 0 Å². The number of nitrogens with zero attached hydrogens (tertiary/aromatic N) is 1. The topological polar surface area (TPSA) is 65.1 Å². The summed E-state index contributed by atoms with van der Waals surface area (Å²) in [6.45, 7) is 7.76. The maximum Gasteiger partial charge on any atom is 0.305 e. The second-order valence-electron chi connectivity index (χ2n) is 17.1. The molecule has 1 rings (SSSR count). The molecule has 0 aromatic rings. The molecule has 2 unspecified atom stereocenters. The molecule has 0 bridgehead atoms. The third-order valence-corrected chi connectivity index (χ3v) is 11.7. The minimum absolute atomic E-state index is 0.00659. The maximum absolute atomic E-state index is 12.5. The number of hydrogen-bond acceptors (Lipinski definition) is 6. The summed E-state index contributed by atoms with van der Waals surface area (Å²) in [5.41, 5.74) is 0. The fourth-order valence-corrected chi connectivity index (χ4v) is 8.04. The predicted molar refractivity (Wildman–Crippen MR) is 226 cm³/mol. The molecule has 1 fully saturated rings. The maximum atomic E-state index is 12.5. The molecule has 0 amide bonds. The minimum atomic E-state index is 0.00659. The Labute approximate surface area is 330 Å². The third-order valence-electron chi connectivity index (χ3n) is 11.7. The minimum Gasteiger partial charge on any atom is -0.466 e. The highest BCUT2D eigenvalue weighted by Crippen LogP contribution is 2.24. The van der Waals surface area contributed by atoms with Crippen molar-refractivity contribution in [3.8, 4) is 0 Å². The molecule has 6 nitrogen and oxygen atoms in total. The van der Waals surface area contributed by atoms with Crippen molar-refractivity contribution in [2.75, 3.05) is 40.5 Å². The number of cyclic esters (lactones) is 2. The number of unbranched alkanes of at least 4 members (excludes halogenated alkanes) is 3. The van der Waals surface area contributed by atoms with E-state index < -0.39 is 0 Å². The normalized spacial score (nSPS) is 24.1. The van der Waals surface area contributed by atoms with Gasteiger partial charge in [0.25, 0.3) is 0 Å². The summed E-state index contributed by atoms with van der Waals surface area (Å²) in [5.74, 6) is 1.37. The van der Waals surface area contributed by atoms with Crippen LogP contribution in [-0.4, -0.2) is 63.4 Å². The summed E-state index contributed by atoms with van der Waals surface area (Å²) < 4.78 is 17.8. The lowest BCUT2D eigenvalue weighted by atomic mass is 9.90. The smallest absolute Gasteiger partial charge is 0.305 e. The second-order valence-corrected chi connectivity index (χ2v) is 17.1. The molecular weight excluding hydrogens is 659 g/mol. The summed E-state index contributed by atoms with van der Waals surface area (Å²) in [5, 5.41) is 0. The van der Waals surface area contributed by atoms with Gasteiger partial charge in [0.05, 0.1) is 19.3 Å². The zero-order valence-electron chi connectivity index (χ0n) is 36.1. The van der Waals surface area contributed by atoms with Crippen LogP contribution in [-0.2, 0) is 23.8 Å². The fourth-order valence-electron chi connectivity index (χ4n) is 8.04. The van der Waals surface area contributed by atoms with Gasteiger partial charge in [-0.1, -0.05) is 168 Å². The van der Waals surface area contributed by atoms with Crippen LogP contribution in [0.4, 0.5) is 0 Å². The summed E-state index contributed by atoms with van der Waals surface area (Å²) >= 11 is 0. The SMILES string of the molecule is CCCCC1CCCCCCC(CCCC)CCOC(=O)CCCCCCCCCC(OCCCCN(C)C)CCCCCCCCCC(=O)OCC1. The monoisotopic (exact) mass is 750 g/mol. The molecular formula is C47H91NO5. The Morgan fingerprint density at radius 3 is 1.32 bits per heavy atom. The van der Waals surface area contributed by atoms with Gasteiger partial charge in [-0.3, -0.25) is 9.59 Å². The van der Waals surface area contributed by atoms with Crippen LogP contribution in [0, 0.1) is 11.8 Å². The summed E-state index contributed by atoms with van der Waals surface area (Å²) in [7, 11) is 4.29. The number of ether oxygens (including phenoxy) is 3. The summed E-state index contributed by atoms with van der Waals surface area (Å²) in [6, 6.07) is 0. The van der Waals surface area contributed by atoms with Gasteiger partial charge in [-0.15, -0.1) is 0 Å². The van der Waals surface area contributed by atoms with E-state index in [1.54, 1.807) is 0 Å². The number of esters is 2. The Hall–Kier alpha value is -1.14. The summed E-state index contributed by atoms with van der Waals surface area (Å²) in [4.78, 5) is 27.2. The van der Waals surface area contributed by atoms with Crippen molar-refractivity contribution < 1.29 is 23.8 Å². The Morgan fingerprint density at radius 1 is 0.509 bits per heavy atom. The lowest BCUT2D eigenvalue weighted by Crippen LogP contribution is -2.16. The molecule has 0 aromatic heterocycles. The lowest BCUT2D eigenvalue weighted by Gasteiger charge is -2.18. The van der Waals surface area contributed by atoms with Crippen LogP contribution in [0.15, 0.2) is 0 Å². The first kappa shape index (κ1) is 49.9. The molecule has 0 aliphatic carbocycles. The average molecular weight is 750 g/mol. The highest BCUT2D eigenvalue weighted by atomic mass is 16.5. The molecule has 0 aromatic carbocycles. The van der Waals surface area contributed by atoms with E-state index in [0.29, 0.717) is 44.0 Å². The third kappa shape index (κ3) is 33.9. The average Bonchev–Trinajstić information content (AvgIpc) is 3.14. The van der Waals surface area contributed by atoms with E-state index in [1.165, 1.54) is 161 Å². The lowest BCUT2D eigenvalue weighted by molar-refractivity contribution is -0.145. The zero-order chi connectivity index (χ0) is 38.5. The molecule has 1 aliphatic rings. The molecule has 0 N–H and O–H groups in total. The van der Waals surface area contributed by atoms with Crippen molar-refractivity contribution in [1.82, 2.24) is 4.90 Å². The van der Waals surface area contributed by atoms with Crippen molar-refractivity contribution in [1.29, 1.82) is 0 Å². The molecule has 0 radical (unpaired) electrons. The Balaban J connectivity index is 2.57. The highest BCUT2D eigenvalue weighted by molar-refractivity contribution is 5.69. The molecule has 314 valence electrons. The molecule has 1 aliphatic heterocycles. The van der Waals surface area contributed by atoms with Crippen molar-refractivity contribution in [3.63, 3.8) is 0 Å². The van der Waals surface area contributed by atoms with Crippen LogP contribution in [0.25, 0.3) is 0 Å². The van der Waals surface area contributed by atoms with Gasteiger partial charge in [-0.05, 0) is 83.8 Å². The van der Waals surface area contributed by atoms with Crippen LogP contribution < -0.4 is 0 Å². The van der Waals surface area contributed by atoms with Crippen molar-refractivity contribution in [3.05, 3.63) is 0 Å². The summed E-state index contributed by atoms with van der Waals surface area (Å²) in [6.07, 6.45) is 40.4. The Bertz CT molecular complexity index is 748. The predicted octanol–water partition coefficient (Wildman–Crippen LogP) is 13.6. The largest absolute Gasteiger partial charge is 0.466 e. The van der Waals surface area contributed by atoms with Gasteiger partial charge in [-0.25, -0.2) is 0 Å². The molecule has 0 saturated carbocycles. The first-order chi connectivity index (χ1) is 25.9. The molecule has 6 heteroatoms. The Morgan fingerprint density at radius 2 is 0.906 bits per heavy atom. The zero-order valence-corrected chi connectivity index (χ0v) is 36.1. The highest BCUT2D eigenvalue weighted by Gasteiger charge is 2.14. The number of carbonyl (C=O) groups is 2.